The smallest absolute Gasteiger partial charge is 0.0627 e. The molecule has 1 aliphatic carbocycles. The molecule has 1 heteroatoms. The predicted octanol–water partition coefficient (Wildman–Crippen LogP) is 1.95. The molecular weight excluding hydrogens is 98.1 g/mol. The van der Waals surface area contributed by atoms with Crippen molar-refractivity contribution in [2.24, 2.45) is 11.3 Å². The van der Waals surface area contributed by atoms with Crippen LogP contribution in [0.3, 0.4) is 0 Å². The second kappa shape index (κ2) is 1.48. The summed E-state index contributed by atoms with van der Waals surface area (Å²) in [6.45, 7) is 4.39. The molecule has 2 atom stereocenters. The normalized spacial score (nSPS) is 43.4. The monoisotopic (exact) mass is 109 g/mol. The number of nitrogens with zero attached hydrogens (tertiary/aromatic N) is 1. The summed E-state index contributed by atoms with van der Waals surface area (Å²) < 4.78 is 0. The molecule has 0 aromatic rings. The molecular formula is C7H11N. The zero-order valence-electron chi connectivity index (χ0n) is 5.44. The Labute approximate surface area is 50.3 Å². The second-order valence-corrected chi connectivity index (χ2v) is 3.09. The van der Waals surface area contributed by atoms with Crippen LogP contribution >= 0.6 is 0 Å². The molecule has 44 valence electrons. The average molecular weight is 109 g/mol. The van der Waals surface area contributed by atoms with Gasteiger partial charge in [-0.15, -0.1) is 0 Å². The Hall–Kier alpha value is -0.510. The van der Waals surface area contributed by atoms with Crippen LogP contribution in [0.5, 0.6) is 0 Å². The fourth-order valence-corrected chi connectivity index (χ4v) is 1.07. The highest BCUT2D eigenvalue weighted by Gasteiger charge is 2.45. The van der Waals surface area contributed by atoms with E-state index in [1.165, 1.54) is 6.42 Å². The quantitative estimate of drug-likeness (QED) is 0.505. The molecule has 8 heavy (non-hydrogen) atoms. The van der Waals surface area contributed by atoms with Crippen molar-refractivity contribution in [1.29, 1.82) is 5.26 Å². The summed E-state index contributed by atoms with van der Waals surface area (Å²) in [6.07, 6.45) is 1.99. The van der Waals surface area contributed by atoms with Gasteiger partial charge < -0.3 is 0 Å². The molecule has 1 fully saturated rings. The first-order valence-corrected chi connectivity index (χ1v) is 3.06. The lowest BCUT2D eigenvalue weighted by atomic mass is 10.0. The Morgan fingerprint density at radius 1 is 1.88 bits per heavy atom. The Bertz CT molecular complexity index is 134. The van der Waals surface area contributed by atoms with Crippen molar-refractivity contribution in [2.75, 3.05) is 0 Å². The van der Waals surface area contributed by atoms with Gasteiger partial charge in [0.2, 0.25) is 0 Å². The minimum absolute atomic E-state index is 0.398. The van der Waals surface area contributed by atoms with Crippen LogP contribution in [-0.2, 0) is 0 Å². The molecule has 0 amide bonds. The van der Waals surface area contributed by atoms with E-state index >= 15 is 0 Å². The van der Waals surface area contributed by atoms with Gasteiger partial charge >= 0.3 is 0 Å². The molecule has 0 bridgehead atoms. The zero-order chi connectivity index (χ0) is 6.20. The van der Waals surface area contributed by atoms with Gasteiger partial charge in [-0.05, 0) is 17.8 Å². The van der Waals surface area contributed by atoms with Crippen LogP contribution in [0.25, 0.3) is 0 Å². The minimum Gasteiger partial charge on any atom is -0.198 e. The maximum Gasteiger partial charge on any atom is 0.0627 e. The van der Waals surface area contributed by atoms with Crippen molar-refractivity contribution in [3.8, 4) is 6.07 Å². The van der Waals surface area contributed by atoms with E-state index in [-0.39, 0.29) is 0 Å². The molecule has 1 saturated carbocycles. The first-order valence-electron chi connectivity index (χ1n) is 3.06. The third-order valence-electron chi connectivity index (χ3n) is 2.28. The lowest BCUT2D eigenvalue weighted by molar-refractivity contribution is 0.535. The van der Waals surface area contributed by atoms with Gasteiger partial charge in [0.1, 0.15) is 0 Å². The Balaban J connectivity index is 2.38. The fourth-order valence-electron chi connectivity index (χ4n) is 1.07. The molecule has 0 radical (unpaired) electrons. The van der Waals surface area contributed by atoms with Gasteiger partial charge in [-0.1, -0.05) is 13.8 Å². The van der Waals surface area contributed by atoms with Gasteiger partial charge in [0, 0.05) is 6.42 Å². The van der Waals surface area contributed by atoms with E-state index in [9.17, 15) is 0 Å². The van der Waals surface area contributed by atoms with Crippen molar-refractivity contribution < 1.29 is 0 Å². The number of nitriles is 1. The Kier molecular flexibility index (Phi) is 1.04. The summed E-state index contributed by atoms with van der Waals surface area (Å²) in [5.74, 6) is 0.794. The summed E-state index contributed by atoms with van der Waals surface area (Å²) in [5.41, 5.74) is 0.398. The molecule has 0 aromatic heterocycles. The molecule has 0 aromatic carbocycles. The van der Waals surface area contributed by atoms with Crippen LogP contribution in [-0.4, -0.2) is 0 Å². The zero-order valence-corrected chi connectivity index (χ0v) is 5.44. The van der Waals surface area contributed by atoms with E-state index in [4.69, 9.17) is 5.26 Å². The SMILES string of the molecule is CC1CC1(C)CC#N. The highest BCUT2D eigenvalue weighted by molar-refractivity contribution is 5.01. The van der Waals surface area contributed by atoms with Crippen molar-refractivity contribution in [1.82, 2.24) is 0 Å². The number of hydrogen-bond acceptors (Lipinski definition) is 1. The molecule has 1 rings (SSSR count). The summed E-state index contributed by atoms with van der Waals surface area (Å²) in [6, 6.07) is 2.20. The number of rotatable bonds is 1. The molecule has 0 N–H and O–H groups in total. The van der Waals surface area contributed by atoms with Gasteiger partial charge in [0.15, 0.2) is 0 Å². The average Bonchev–Trinajstić information content (AvgIpc) is 2.16. The van der Waals surface area contributed by atoms with E-state index in [1.807, 2.05) is 0 Å². The summed E-state index contributed by atoms with van der Waals surface area (Å²) in [4.78, 5) is 0. The van der Waals surface area contributed by atoms with E-state index in [1.54, 1.807) is 0 Å². The second-order valence-electron chi connectivity index (χ2n) is 3.09. The largest absolute Gasteiger partial charge is 0.198 e. The third kappa shape index (κ3) is 0.709. The molecule has 1 aliphatic rings. The van der Waals surface area contributed by atoms with Crippen LogP contribution in [0.15, 0.2) is 0 Å². The fraction of sp³-hybridized carbons (Fsp3) is 0.857. The van der Waals surface area contributed by atoms with Crippen molar-refractivity contribution in [2.45, 2.75) is 26.7 Å². The number of hydrogen-bond donors (Lipinski definition) is 0. The van der Waals surface area contributed by atoms with Crippen LogP contribution in [0.1, 0.15) is 26.7 Å². The van der Waals surface area contributed by atoms with Crippen LogP contribution in [0.4, 0.5) is 0 Å². The highest BCUT2D eigenvalue weighted by Crippen LogP contribution is 2.53. The minimum atomic E-state index is 0.398. The van der Waals surface area contributed by atoms with Crippen molar-refractivity contribution in [3.63, 3.8) is 0 Å². The first-order chi connectivity index (χ1) is 3.69. The van der Waals surface area contributed by atoms with Gasteiger partial charge in [-0.25, -0.2) is 0 Å². The van der Waals surface area contributed by atoms with E-state index in [0.717, 1.165) is 12.3 Å². The highest BCUT2D eigenvalue weighted by atomic mass is 14.5. The lowest BCUT2D eigenvalue weighted by Gasteiger charge is -1.98. The van der Waals surface area contributed by atoms with Crippen LogP contribution in [0, 0.1) is 22.7 Å². The lowest BCUT2D eigenvalue weighted by Crippen LogP contribution is -1.92. The molecule has 0 spiro atoms. The van der Waals surface area contributed by atoms with Gasteiger partial charge in [0.05, 0.1) is 6.07 Å². The summed E-state index contributed by atoms with van der Waals surface area (Å²) in [5, 5.41) is 8.31. The topological polar surface area (TPSA) is 23.8 Å². The molecule has 0 aliphatic heterocycles. The van der Waals surface area contributed by atoms with Gasteiger partial charge in [-0.3, -0.25) is 0 Å². The van der Waals surface area contributed by atoms with E-state index in [2.05, 4.69) is 19.9 Å². The molecule has 0 saturated heterocycles. The van der Waals surface area contributed by atoms with E-state index in [0.29, 0.717) is 5.41 Å². The molecule has 2 unspecified atom stereocenters. The summed E-state index contributed by atoms with van der Waals surface area (Å²) in [7, 11) is 0. The van der Waals surface area contributed by atoms with Crippen molar-refractivity contribution >= 4 is 0 Å². The Morgan fingerprint density at radius 2 is 2.38 bits per heavy atom. The van der Waals surface area contributed by atoms with Crippen LogP contribution in [0.2, 0.25) is 0 Å². The third-order valence-corrected chi connectivity index (χ3v) is 2.28. The molecule has 0 heterocycles. The first kappa shape index (κ1) is 5.62. The standard InChI is InChI=1S/C7H11N/c1-6-5-7(6,2)3-4-8/h6H,3,5H2,1-2H3. The van der Waals surface area contributed by atoms with Crippen LogP contribution < -0.4 is 0 Å². The Morgan fingerprint density at radius 3 is 2.50 bits per heavy atom. The predicted molar refractivity (Wildman–Crippen MR) is 32.1 cm³/mol. The van der Waals surface area contributed by atoms with Crippen molar-refractivity contribution in [3.05, 3.63) is 0 Å². The van der Waals surface area contributed by atoms with E-state index < -0.39 is 0 Å². The maximum absolute atomic E-state index is 8.31. The van der Waals surface area contributed by atoms with Gasteiger partial charge in [0.25, 0.3) is 0 Å². The summed E-state index contributed by atoms with van der Waals surface area (Å²) >= 11 is 0. The molecule has 1 nitrogen and oxygen atoms in total. The van der Waals surface area contributed by atoms with Gasteiger partial charge in [-0.2, -0.15) is 5.26 Å². The maximum atomic E-state index is 8.31.